The molecule has 25 heavy (non-hydrogen) atoms. The Morgan fingerprint density at radius 3 is 3.08 bits per heavy atom. The highest BCUT2D eigenvalue weighted by molar-refractivity contribution is 7.20. The van der Waals surface area contributed by atoms with Crippen molar-refractivity contribution in [1.82, 2.24) is 20.4 Å². The number of halogens is 1. The van der Waals surface area contributed by atoms with Crippen molar-refractivity contribution >= 4 is 39.1 Å². The Kier molecular flexibility index (Phi) is 4.50. The maximum absolute atomic E-state index is 12.6. The fourth-order valence-electron chi connectivity index (χ4n) is 3.17. The molecular weight excluding hydrogens is 356 g/mol. The zero-order valence-electron chi connectivity index (χ0n) is 13.9. The zero-order valence-corrected chi connectivity index (χ0v) is 15.5. The van der Waals surface area contributed by atoms with E-state index in [-0.39, 0.29) is 11.9 Å². The maximum Gasteiger partial charge on any atom is 0.261 e. The molecule has 1 aromatic carbocycles. The zero-order chi connectivity index (χ0) is 17.4. The number of aromatic nitrogens is 2. The van der Waals surface area contributed by atoms with Crippen molar-refractivity contribution in [1.29, 1.82) is 0 Å². The Morgan fingerprint density at radius 2 is 2.32 bits per heavy atom. The van der Waals surface area contributed by atoms with E-state index in [0.717, 1.165) is 52.4 Å². The quantitative estimate of drug-likeness (QED) is 0.737. The van der Waals surface area contributed by atoms with Crippen LogP contribution in [0.25, 0.3) is 15.9 Å². The predicted molar refractivity (Wildman–Crippen MR) is 102 cm³/mol. The van der Waals surface area contributed by atoms with E-state index in [9.17, 15) is 4.79 Å². The van der Waals surface area contributed by atoms with Crippen LogP contribution in [0.4, 0.5) is 0 Å². The molecule has 0 spiro atoms. The van der Waals surface area contributed by atoms with E-state index in [1.807, 2.05) is 41.9 Å². The van der Waals surface area contributed by atoms with Crippen molar-refractivity contribution in [2.75, 3.05) is 13.1 Å². The van der Waals surface area contributed by atoms with Gasteiger partial charge in [-0.15, -0.1) is 11.3 Å². The SMILES string of the molecule is Cc1nn(-c2cccc(Cl)c2)c2sc(C(=O)NC3CCCNC3)cc12. The molecule has 1 saturated heterocycles. The number of nitrogens with zero attached hydrogens (tertiary/aromatic N) is 2. The van der Waals surface area contributed by atoms with Gasteiger partial charge in [0.25, 0.3) is 5.91 Å². The minimum absolute atomic E-state index is 0.00746. The van der Waals surface area contributed by atoms with Gasteiger partial charge in [-0.2, -0.15) is 5.10 Å². The maximum atomic E-state index is 12.6. The van der Waals surface area contributed by atoms with Gasteiger partial charge < -0.3 is 10.6 Å². The first-order valence-corrected chi connectivity index (χ1v) is 9.58. The van der Waals surface area contributed by atoms with Crippen LogP contribution in [-0.2, 0) is 0 Å². The predicted octanol–water partition coefficient (Wildman–Crippen LogP) is 3.53. The van der Waals surface area contributed by atoms with E-state index in [1.54, 1.807) is 0 Å². The van der Waals surface area contributed by atoms with Gasteiger partial charge in [0.1, 0.15) is 4.83 Å². The summed E-state index contributed by atoms with van der Waals surface area (Å²) in [6.07, 6.45) is 2.12. The molecule has 5 nitrogen and oxygen atoms in total. The normalized spacial score (nSPS) is 17.8. The molecule has 1 atom stereocenters. The summed E-state index contributed by atoms with van der Waals surface area (Å²) in [6.45, 7) is 3.83. The number of fused-ring (bicyclic) bond motifs is 1. The van der Waals surface area contributed by atoms with Crippen LogP contribution in [0.3, 0.4) is 0 Å². The summed E-state index contributed by atoms with van der Waals surface area (Å²) < 4.78 is 1.86. The fraction of sp³-hybridized carbons (Fsp3) is 0.333. The van der Waals surface area contributed by atoms with E-state index in [4.69, 9.17) is 11.6 Å². The molecule has 0 aliphatic carbocycles. The van der Waals surface area contributed by atoms with Gasteiger partial charge in [0.15, 0.2) is 0 Å². The van der Waals surface area contributed by atoms with Gasteiger partial charge in [-0.1, -0.05) is 17.7 Å². The van der Waals surface area contributed by atoms with Crippen LogP contribution >= 0.6 is 22.9 Å². The van der Waals surface area contributed by atoms with Crippen molar-refractivity contribution in [3.63, 3.8) is 0 Å². The Bertz CT molecular complexity index is 926. The first kappa shape index (κ1) is 16.6. The average molecular weight is 375 g/mol. The third-order valence-corrected chi connectivity index (χ3v) is 5.80. The summed E-state index contributed by atoms with van der Waals surface area (Å²) in [6, 6.07) is 9.72. The standard InChI is InChI=1S/C18H19ClN4OS/c1-11-15-9-16(17(24)21-13-5-3-7-20-10-13)25-18(15)23(22-11)14-6-2-4-12(19)8-14/h2,4,6,8-9,13,20H,3,5,7,10H2,1H3,(H,21,24). The van der Waals surface area contributed by atoms with Crippen LogP contribution in [0.2, 0.25) is 5.02 Å². The lowest BCUT2D eigenvalue weighted by atomic mass is 10.1. The van der Waals surface area contributed by atoms with Crippen molar-refractivity contribution in [2.45, 2.75) is 25.8 Å². The monoisotopic (exact) mass is 374 g/mol. The largest absolute Gasteiger partial charge is 0.347 e. The molecular formula is C18H19ClN4OS. The molecule has 2 N–H and O–H groups in total. The van der Waals surface area contributed by atoms with Crippen LogP contribution in [0.1, 0.15) is 28.2 Å². The summed E-state index contributed by atoms with van der Waals surface area (Å²) in [5.41, 5.74) is 1.81. The second-order valence-electron chi connectivity index (χ2n) is 6.32. The lowest BCUT2D eigenvalue weighted by Gasteiger charge is -2.23. The molecule has 1 aliphatic heterocycles. The van der Waals surface area contributed by atoms with Crippen molar-refractivity contribution in [3.8, 4) is 5.69 Å². The van der Waals surface area contributed by atoms with E-state index >= 15 is 0 Å². The first-order chi connectivity index (χ1) is 12.1. The fourth-order valence-corrected chi connectivity index (χ4v) is 4.44. The van der Waals surface area contributed by atoms with Gasteiger partial charge in [-0.3, -0.25) is 4.79 Å². The topological polar surface area (TPSA) is 59.0 Å². The lowest BCUT2D eigenvalue weighted by Crippen LogP contribution is -2.45. The Morgan fingerprint density at radius 1 is 1.44 bits per heavy atom. The molecule has 1 fully saturated rings. The number of carbonyl (C=O) groups is 1. The Hall–Kier alpha value is -1.89. The highest BCUT2D eigenvalue weighted by atomic mass is 35.5. The number of carbonyl (C=O) groups excluding carboxylic acids is 1. The Balaban J connectivity index is 1.66. The average Bonchev–Trinajstić information content (AvgIpc) is 3.17. The van der Waals surface area contributed by atoms with Crippen LogP contribution in [0, 0.1) is 6.92 Å². The molecule has 7 heteroatoms. The molecule has 1 amide bonds. The number of amides is 1. The minimum atomic E-state index is -0.00746. The number of thiophene rings is 1. The molecule has 0 saturated carbocycles. The van der Waals surface area contributed by atoms with Crippen molar-refractivity contribution in [3.05, 3.63) is 45.9 Å². The lowest BCUT2D eigenvalue weighted by molar-refractivity contribution is 0.0935. The molecule has 130 valence electrons. The molecule has 1 unspecified atom stereocenters. The molecule has 4 rings (SSSR count). The van der Waals surface area contributed by atoms with Crippen LogP contribution < -0.4 is 10.6 Å². The van der Waals surface area contributed by atoms with E-state index in [2.05, 4.69) is 15.7 Å². The number of hydrogen-bond donors (Lipinski definition) is 2. The van der Waals surface area contributed by atoms with Gasteiger partial charge in [0, 0.05) is 23.0 Å². The number of hydrogen-bond acceptors (Lipinski definition) is 4. The van der Waals surface area contributed by atoms with Gasteiger partial charge in [0.2, 0.25) is 0 Å². The van der Waals surface area contributed by atoms with Gasteiger partial charge in [-0.25, -0.2) is 4.68 Å². The summed E-state index contributed by atoms with van der Waals surface area (Å²) >= 11 is 7.58. The van der Waals surface area contributed by atoms with Gasteiger partial charge in [0.05, 0.1) is 16.3 Å². The van der Waals surface area contributed by atoms with Crippen LogP contribution in [-0.4, -0.2) is 34.8 Å². The van der Waals surface area contributed by atoms with Crippen LogP contribution in [0.5, 0.6) is 0 Å². The third kappa shape index (κ3) is 3.29. The van der Waals surface area contributed by atoms with E-state index < -0.39 is 0 Å². The molecule has 0 bridgehead atoms. The molecule has 2 aromatic heterocycles. The van der Waals surface area contributed by atoms with Crippen LogP contribution in [0.15, 0.2) is 30.3 Å². The van der Waals surface area contributed by atoms with E-state index in [0.29, 0.717) is 5.02 Å². The number of piperidine rings is 1. The second-order valence-corrected chi connectivity index (χ2v) is 7.79. The van der Waals surface area contributed by atoms with E-state index in [1.165, 1.54) is 11.3 Å². The number of nitrogens with one attached hydrogen (secondary N) is 2. The summed E-state index contributed by atoms with van der Waals surface area (Å²) in [4.78, 5) is 14.3. The summed E-state index contributed by atoms with van der Waals surface area (Å²) in [5.74, 6) is -0.00746. The Labute approximate surface area is 155 Å². The number of rotatable bonds is 3. The highest BCUT2D eigenvalue weighted by Gasteiger charge is 2.20. The summed E-state index contributed by atoms with van der Waals surface area (Å²) in [5, 5.41) is 12.7. The smallest absolute Gasteiger partial charge is 0.261 e. The van der Waals surface area contributed by atoms with Crippen molar-refractivity contribution < 1.29 is 4.79 Å². The third-order valence-electron chi connectivity index (χ3n) is 4.45. The first-order valence-electron chi connectivity index (χ1n) is 8.38. The number of benzene rings is 1. The molecule has 1 aliphatic rings. The highest BCUT2D eigenvalue weighted by Crippen LogP contribution is 2.31. The molecule has 3 heterocycles. The molecule has 0 radical (unpaired) electrons. The van der Waals surface area contributed by atoms with Crippen molar-refractivity contribution in [2.24, 2.45) is 0 Å². The number of aryl methyl sites for hydroxylation is 1. The van der Waals surface area contributed by atoms with Gasteiger partial charge >= 0.3 is 0 Å². The molecule has 3 aromatic rings. The minimum Gasteiger partial charge on any atom is -0.347 e. The second kappa shape index (κ2) is 6.78. The summed E-state index contributed by atoms with van der Waals surface area (Å²) in [7, 11) is 0. The van der Waals surface area contributed by atoms with Gasteiger partial charge in [-0.05, 0) is 50.6 Å².